The van der Waals surface area contributed by atoms with Crippen molar-refractivity contribution >= 4 is 17.9 Å². The lowest BCUT2D eigenvalue weighted by atomic mass is 9.94. The Morgan fingerprint density at radius 2 is 0.588 bits per heavy atom. The third kappa shape index (κ3) is 19.9. The van der Waals surface area contributed by atoms with Gasteiger partial charge in [-0.3, -0.25) is 0 Å². The van der Waals surface area contributed by atoms with Crippen molar-refractivity contribution in [2.45, 2.75) is 138 Å². The average Bonchev–Trinajstić information content (AvgIpc) is 0.761. The standard InChI is InChI=1S/C83H84O19/c1-87-80(86)74-72(73(98-78(84)64-44-26-10-27-45-64)77(81(88-2)102-74)99-79(85)65-46-28-11-29-47-65)101-83-76(95-54-63-42-24-9-25-43-63)71(93-52-61-38-20-7-21-39-61)69(67(97-83)56-90-49-58-32-14-4-15-33-58)100-82-75(94-53-62-40-22-8-23-41-62)70(92-51-60-36-18-6-19-37-60)68(91-50-59-34-16-5-17-35-59)66(96-82)55-89-48-57-30-12-3-13-31-57/h3-47,66-77,81-83H,48-56H2,1-2H3/t66-,67-,68+,69-,70+,71+,72+,73+,74+,75-,76-,77-,81-,82+,83-/m1/s1. The van der Waals surface area contributed by atoms with Crippen LogP contribution in [0.15, 0.2) is 273 Å². The van der Waals surface area contributed by atoms with Gasteiger partial charge in [0.2, 0.25) is 0 Å². The van der Waals surface area contributed by atoms with Gasteiger partial charge in [-0.05, 0) is 63.2 Å². The van der Waals surface area contributed by atoms with Gasteiger partial charge in [0.15, 0.2) is 37.2 Å². The lowest BCUT2D eigenvalue weighted by Gasteiger charge is -2.51. The van der Waals surface area contributed by atoms with E-state index in [0.29, 0.717) is 0 Å². The molecule has 102 heavy (non-hydrogen) atoms. The monoisotopic (exact) mass is 1380 g/mol. The minimum atomic E-state index is -1.76. The number of esters is 3. The van der Waals surface area contributed by atoms with Gasteiger partial charge in [0.05, 0.1) is 77.7 Å². The van der Waals surface area contributed by atoms with Crippen molar-refractivity contribution in [3.8, 4) is 0 Å². The van der Waals surface area contributed by atoms with Crippen LogP contribution in [0.1, 0.15) is 59.7 Å². The quantitative estimate of drug-likeness (QED) is 0.0278. The van der Waals surface area contributed by atoms with Gasteiger partial charge in [0.1, 0.15) is 54.9 Å². The number of rotatable bonds is 33. The molecule has 0 amide bonds. The molecular formula is C83H84O19. The topological polar surface area (TPSA) is 199 Å². The van der Waals surface area contributed by atoms with Gasteiger partial charge >= 0.3 is 17.9 Å². The Bertz CT molecular complexity index is 3910. The molecule has 0 unspecified atom stereocenters. The van der Waals surface area contributed by atoms with E-state index in [1.807, 2.05) is 212 Å². The van der Waals surface area contributed by atoms with Crippen molar-refractivity contribution in [1.82, 2.24) is 0 Å². The van der Waals surface area contributed by atoms with Crippen LogP contribution in [0.2, 0.25) is 0 Å². The number of hydrogen-bond donors (Lipinski definition) is 0. The zero-order chi connectivity index (χ0) is 70.1. The highest BCUT2D eigenvalue weighted by Crippen LogP contribution is 2.40. The van der Waals surface area contributed by atoms with Crippen LogP contribution in [0.4, 0.5) is 0 Å². The highest BCUT2D eigenvalue weighted by molar-refractivity contribution is 5.90. The second kappa shape index (κ2) is 37.7. The smallest absolute Gasteiger partial charge is 0.338 e. The fourth-order valence-electron chi connectivity index (χ4n) is 12.5. The Hall–Kier alpha value is -9.13. The zero-order valence-electron chi connectivity index (χ0n) is 56.8. The normalized spacial score (nSPS) is 24.8. The molecule has 19 nitrogen and oxygen atoms in total. The number of carbonyl (C=O) groups excluding carboxylic acids is 3. The van der Waals surface area contributed by atoms with E-state index in [4.69, 9.17) is 75.8 Å². The molecule has 0 aromatic heterocycles. The molecule has 15 atom stereocenters. The predicted octanol–water partition coefficient (Wildman–Crippen LogP) is 12.6. The summed E-state index contributed by atoms with van der Waals surface area (Å²) in [4.78, 5) is 43.6. The van der Waals surface area contributed by atoms with Gasteiger partial charge in [-0.1, -0.05) is 249 Å². The average molecular weight is 1390 g/mol. The molecule has 530 valence electrons. The molecule has 3 fully saturated rings. The van der Waals surface area contributed by atoms with E-state index in [9.17, 15) is 14.4 Å². The molecule has 3 aliphatic rings. The van der Waals surface area contributed by atoms with Crippen LogP contribution < -0.4 is 0 Å². The first kappa shape index (κ1) is 72.7. The van der Waals surface area contributed by atoms with E-state index in [-0.39, 0.29) is 70.6 Å². The molecule has 3 saturated heterocycles. The second-order valence-electron chi connectivity index (χ2n) is 24.8. The van der Waals surface area contributed by atoms with Crippen LogP contribution in [0.5, 0.6) is 0 Å². The summed E-state index contributed by atoms with van der Waals surface area (Å²) in [5.41, 5.74) is 6.30. The SMILES string of the molecule is COC(=O)[C@H]1O[C@@H](OC)[C@H](OC(=O)c2ccccc2)[C@@H](OC(=O)c2ccccc2)[C@@H]1O[C@H]1O[C@H](COCc2ccccc2)[C@@H](O[C@@H]2O[C@H](COCc3ccccc3)[C@H](OCc3ccccc3)[C@H](OCc3ccccc3)[C@H]2OCc2ccccc2)[C@H](OCc2ccccc2)[C@H]1OCc1ccccc1. The summed E-state index contributed by atoms with van der Waals surface area (Å²) in [6.07, 6.45) is -20.1. The first-order chi connectivity index (χ1) is 50.2. The van der Waals surface area contributed by atoms with Gasteiger partial charge in [-0.15, -0.1) is 0 Å². The number of ether oxygens (including phenoxy) is 16. The molecule has 0 radical (unpaired) electrons. The Labute approximate surface area is 594 Å². The van der Waals surface area contributed by atoms with E-state index < -0.39 is 110 Å². The van der Waals surface area contributed by atoms with Crippen molar-refractivity contribution < 1.29 is 90.2 Å². The summed E-state index contributed by atoms with van der Waals surface area (Å²) in [5, 5.41) is 0. The van der Waals surface area contributed by atoms with Crippen molar-refractivity contribution in [2.75, 3.05) is 27.4 Å². The predicted molar refractivity (Wildman–Crippen MR) is 373 cm³/mol. The summed E-state index contributed by atoms with van der Waals surface area (Å²) in [5.74, 6) is -2.64. The third-order valence-corrected chi connectivity index (χ3v) is 17.6. The lowest BCUT2D eigenvalue weighted by Crippen LogP contribution is -2.68. The van der Waals surface area contributed by atoms with Crippen molar-refractivity contribution in [3.63, 3.8) is 0 Å². The van der Waals surface area contributed by atoms with Crippen LogP contribution in [-0.2, 0) is 127 Å². The summed E-state index contributed by atoms with van der Waals surface area (Å²) < 4.78 is 110. The highest BCUT2D eigenvalue weighted by Gasteiger charge is 2.59. The molecule has 3 aliphatic heterocycles. The molecule has 0 aliphatic carbocycles. The molecular weight excluding hydrogens is 1300 g/mol. The van der Waals surface area contributed by atoms with Gasteiger partial charge < -0.3 is 75.8 Å². The van der Waals surface area contributed by atoms with E-state index >= 15 is 0 Å². The number of methoxy groups -OCH3 is 2. The lowest BCUT2D eigenvalue weighted by molar-refractivity contribution is -0.389. The van der Waals surface area contributed by atoms with Crippen molar-refractivity contribution in [2.24, 2.45) is 0 Å². The minimum Gasteiger partial charge on any atom is -0.467 e. The Balaban J connectivity index is 0.996. The highest BCUT2D eigenvalue weighted by atomic mass is 16.8. The van der Waals surface area contributed by atoms with E-state index in [1.165, 1.54) is 14.2 Å². The first-order valence-electron chi connectivity index (χ1n) is 34.2. The van der Waals surface area contributed by atoms with Crippen LogP contribution in [0.3, 0.4) is 0 Å². The molecule has 3 heterocycles. The van der Waals surface area contributed by atoms with Crippen LogP contribution in [-0.4, -0.2) is 137 Å². The van der Waals surface area contributed by atoms with E-state index in [2.05, 4.69) is 0 Å². The second-order valence-corrected chi connectivity index (χ2v) is 24.8. The molecule has 0 bridgehead atoms. The Kier molecular flexibility index (Phi) is 26.8. The Morgan fingerprint density at radius 1 is 0.294 bits per heavy atom. The minimum absolute atomic E-state index is 0.00860. The molecule has 12 rings (SSSR count). The van der Waals surface area contributed by atoms with Gasteiger partial charge in [0, 0.05) is 7.11 Å². The molecule has 19 heteroatoms. The van der Waals surface area contributed by atoms with Crippen molar-refractivity contribution in [3.05, 3.63) is 323 Å². The molecule has 0 N–H and O–H groups in total. The fraction of sp³-hybridized carbons (Fsp3) is 0.313. The van der Waals surface area contributed by atoms with Gasteiger partial charge in [-0.25, -0.2) is 14.4 Å². The largest absolute Gasteiger partial charge is 0.467 e. The molecule has 0 spiro atoms. The fourth-order valence-corrected chi connectivity index (χ4v) is 12.5. The molecule has 9 aromatic carbocycles. The maximum absolute atomic E-state index is 14.7. The maximum Gasteiger partial charge on any atom is 0.338 e. The van der Waals surface area contributed by atoms with Crippen molar-refractivity contribution in [1.29, 1.82) is 0 Å². The number of benzene rings is 9. The van der Waals surface area contributed by atoms with Crippen LogP contribution >= 0.6 is 0 Å². The van der Waals surface area contributed by atoms with Gasteiger partial charge in [0.25, 0.3) is 0 Å². The summed E-state index contributed by atoms with van der Waals surface area (Å²) >= 11 is 0. The third-order valence-electron chi connectivity index (χ3n) is 17.6. The zero-order valence-corrected chi connectivity index (χ0v) is 56.8. The van der Waals surface area contributed by atoms with Crippen LogP contribution in [0.25, 0.3) is 0 Å². The Morgan fingerprint density at radius 3 is 0.941 bits per heavy atom. The maximum atomic E-state index is 14.7. The molecule has 9 aromatic rings. The van der Waals surface area contributed by atoms with E-state index in [1.54, 1.807) is 60.7 Å². The summed E-state index contributed by atoms with van der Waals surface area (Å²) in [6, 6.07) is 84.4. The molecule has 0 saturated carbocycles. The van der Waals surface area contributed by atoms with Gasteiger partial charge in [-0.2, -0.15) is 0 Å². The first-order valence-corrected chi connectivity index (χ1v) is 34.2. The summed E-state index contributed by atoms with van der Waals surface area (Å²) in [6.45, 7) is 0.504. The summed E-state index contributed by atoms with van der Waals surface area (Å²) in [7, 11) is 2.48. The van der Waals surface area contributed by atoms with E-state index in [0.717, 1.165) is 38.9 Å². The number of carbonyl (C=O) groups is 3. The number of hydrogen-bond acceptors (Lipinski definition) is 19. The van der Waals surface area contributed by atoms with Crippen LogP contribution in [0, 0.1) is 0 Å².